The van der Waals surface area contributed by atoms with E-state index in [1.54, 1.807) is 33.8 Å². The number of halogens is 3. The van der Waals surface area contributed by atoms with Crippen molar-refractivity contribution in [3.05, 3.63) is 46.9 Å². The van der Waals surface area contributed by atoms with E-state index in [9.17, 15) is 18.0 Å². The fourth-order valence-electron chi connectivity index (χ4n) is 1.97. The van der Waals surface area contributed by atoms with Crippen LogP contribution in [0.25, 0.3) is 0 Å². The predicted octanol–water partition coefficient (Wildman–Crippen LogP) is 2.80. The Labute approximate surface area is 150 Å². The van der Waals surface area contributed by atoms with Gasteiger partial charge >= 0.3 is 0 Å². The summed E-state index contributed by atoms with van der Waals surface area (Å²) in [6.45, 7) is 6.73. The van der Waals surface area contributed by atoms with E-state index in [0.717, 1.165) is 5.56 Å². The molecule has 0 saturated heterocycles. The van der Waals surface area contributed by atoms with Crippen LogP contribution in [0.4, 0.5) is 24.7 Å². The van der Waals surface area contributed by atoms with Gasteiger partial charge in [-0.15, -0.1) is 0 Å². The SMILES string of the molecule is [B]c1cc(C)cnc1Nc1c(C(=O)NOC(C)(C)C)cc(F)c(F)c1F. The van der Waals surface area contributed by atoms with Crippen molar-refractivity contribution in [1.82, 2.24) is 10.5 Å². The van der Waals surface area contributed by atoms with Gasteiger partial charge in [0, 0.05) is 6.20 Å². The Kier molecular flexibility index (Phi) is 5.60. The van der Waals surface area contributed by atoms with Crippen LogP contribution in [0.2, 0.25) is 0 Å². The fourth-order valence-corrected chi connectivity index (χ4v) is 1.97. The minimum atomic E-state index is -1.73. The van der Waals surface area contributed by atoms with Crippen LogP contribution in [0.5, 0.6) is 0 Å². The van der Waals surface area contributed by atoms with Crippen LogP contribution >= 0.6 is 0 Å². The van der Waals surface area contributed by atoms with Crippen molar-refractivity contribution < 1.29 is 22.8 Å². The molecule has 1 aromatic heterocycles. The number of benzene rings is 1. The predicted molar refractivity (Wildman–Crippen MR) is 92.3 cm³/mol. The first kappa shape index (κ1) is 19.8. The molecule has 0 saturated carbocycles. The molecule has 0 bridgehead atoms. The summed E-state index contributed by atoms with van der Waals surface area (Å²) >= 11 is 0. The topological polar surface area (TPSA) is 63.2 Å². The monoisotopic (exact) mass is 363 g/mol. The fraction of sp³-hybridized carbons (Fsp3) is 0.294. The second-order valence-electron chi connectivity index (χ2n) is 6.63. The molecule has 0 spiro atoms. The van der Waals surface area contributed by atoms with Crippen molar-refractivity contribution in [2.75, 3.05) is 5.32 Å². The summed E-state index contributed by atoms with van der Waals surface area (Å²) < 4.78 is 41.6. The molecule has 2 N–H and O–H groups in total. The Morgan fingerprint density at radius 3 is 2.42 bits per heavy atom. The lowest BCUT2D eigenvalue weighted by atomic mass is 9.95. The van der Waals surface area contributed by atoms with Gasteiger partial charge in [0.25, 0.3) is 5.91 Å². The van der Waals surface area contributed by atoms with Crippen LogP contribution < -0.4 is 16.3 Å². The van der Waals surface area contributed by atoms with Gasteiger partial charge in [-0.2, -0.15) is 0 Å². The summed E-state index contributed by atoms with van der Waals surface area (Å²) in [7, 11) is 5.79. The third-order valence-corrected chi connectivity index (χ3v) is 3.15. The van der Waals surface area contributed by atoms with Crippen molar-refractivity contribution in [3.8, 4) is 0 Å². The highest BCUT2D eigenvalue weighted by Crippen LogP contribution is 2.27. The van der Waals surface area contributed by atoms with Crippen LogP contribution in [0.1, 0.15) is 36.7 Å². The molecule has 5 nitrogen and oxygen atoms in total. The minimum absolute atomic E-state index is 0.00806. The number of amides is 1. The van der Waals surface area contributed by atoms with Gasteiger partial charge in [-0.05, 0) is 39.3 Å². The zero-order chi connectivity index (χ0) is 19.6. The van der Waals surface area contributed by atoms with E-state index in [1.807, 2.05) is 0 Å². The van der Waals surface area contributed by atoms with Crippen molar-refractivity contribution in [2.45, 2.75) is 33.3 Å². The largest absolute Gasteiger partial charge is 0.338 e. The standard InChI is InChI=1S/C17H17BF3N3O2/c1-8-5-10(18)15(22-7-8)23-14-9(6-11(19)12(20)13(14)21)16(25)24-26-17(2,3)4/h5-7H,1-4H3,(H,22,23)(H,24,25). The minimum Gasteiger partial charge on any atom is -0.338 e. The molecule has 1 amide bonds. The molecule has 26 heavy (non-hydrogen) atoms. The maximum Gasteiger partial charge on any atom is 0.277 e. The first-order valence-electron chi connectivity index (χ1n) is 7.64. The lowest BCUT2D eigenvalue weighted by molar-refractivity contribution is -0.0589. The van der Waals surface area contributed by atoms with Crippen LogP contribution in [-0.4, -0.2) is 24.3 Å². The van der Waals surface area contributed by atoms with Gasteiger partial charge in [0.1, 0.15) is 13.7 Å². The third kappa shape index (κ3) is 4.54. The molecule has 1 aromatic carbocycles. The summed E-state index contributed by atoms with van der Waals surface area (Å²) in [5.74, 6) is -5.80. The first-order chi connectivity index (χ1) is 12.0. The number of rotatable bonds is 4. The number of hydrogen-bond acceptors (Lipinski definition) is 4. The molecule has 2 aromatic rings. The normalized spacial score (nSPS) is 11.3. The average molecular weight is 363 g/mol. The molecule has 0 unspecified atom stereocenters. The van der Waals surface area contributed by atoms with E-state index in [1.165, 1.54) is 6.20 Å². The van der Waals surface area contributed by atoms with Gasteiger partial charge in [-0.3, -0.25) is 9.63 Å². The van der Waals surface area contributed by atoms with Gasteiger partial charge in [-0.25, -0.2) is 23.6 Å². The van der Waals surface area contributed by atoms with Gasteiger partial charge in [0.2, 0.25) is 0 Å². The number of nitrogens with zero attached hydrogens (tertiary/aromatic N) is 1. The Balaban J connectivity index is 2.46. The van der Waals surface area contributed by atoms with Crippen LogP contribution in [-0.2, 0) is 4.84 Å². The Morgan fingerprint density at radius 1 is 1.19 bits per heavy atom. The summed E-state index contributed by atoms with van der Waals surface area (Å²) in [5, 5.41) is 2.45. The number of anilines is 2. The summed E-state index contributed by atoms with van der Waals surface area (Å²) in [5.41, 5.74) is 1.10. The highest BCUT2D eigenvalue weighted by molar-refractivity contribution is 6.35. The number of aromatic nitrogens is 1. The third-order valence-electron chi connectivity index (χ3n) is 3.15. The van der Waals surface area contributed by atoms with E-state index in [2.05, 4.69) is 15.8 Å². The molecule has 9 heteroatoms. The van der Waals surface area contributed by atoms with Gasteiger partial charge in [-0.1, -0.05) is 11.5 Å². The molecule has 0 aliphatic carbocycles. The molecular weight excluding hydrogens is 346 g/mol. The highest BCUT2D eigenvalue weighted by Gasteiger charge is 2.25. The van der Waals surface area contributed by atoms with Gasteiger partial charge < -0.3 is 5.32 Å². The van der Waals surface area contributed by atoms with Crippen molar-refractivity contribution >= 4 is 30.7 Å². The number of hydroxylamine groups is 1. The summed E-state index contributed by atoms with van der Waals surface area (Å²) in [4.78, 5) is 21.3. The van der Waals surface area contributed by atoms with Crippen molar-refractivity contribution in [1.29, 1.82) is 0 Å². The lowest BCUT2D eigenvalue weighted by Crippen LogP contribution is -2.34. The van der Waals surface area contributed by atoms with Gasteiger partial charge in [0.05, 0.1) is 16.9 Å². The Hall–Kier alpha value is -2.55. The summed E-state index contributed by atoms with van der Waals surface area (Å²) in [6.07, 6.45) is 1.44. The number of carbonyl (C=O) groups is 1. The van der Waals surface area contributed by atoms with Crippen LogP contribution in [0.15, 0.2) is 18.3 Å². The molecule has 0 fully saturated rings. The molecule has 2 rings (SSSR count). The number of aryl methyl sites for hydroxylation is 1. The molecule has 1 heterocycles. The van der Waals surface area contributed by atoms with E-state index >= 15 is 0 Å². The molecular formula is C17H17BF3N3O2. The molecule has 0 atom stereocenters. The highest BCUT2D eigenvalue weighted by atomic mass is 19.2. The smallest absolute Gasteiger partial charge is 0.277 e. The number of carbonyl (C=O) groups excluding carboxylic acids is 1. The maximum atomic E-state index is 14.3. The number of hydrogen-bond donors (Lipinski definition) is 2. The van der Waals surface area contributed by atoms with Crippen molar-refractivity contribution in [3.63, 3.8) is 0 Å². The molecule has 0 aliphatic heterocycles. The summed E-state index contributed by atoms with van der Waals surface area (Å²) in [6, 6.07) is 2.11. The quantitative estimate of drug-likeness (QED) is 0.498. The van der Waals surface area contributed by atoms with Gasteiger partial charge in [0.15, 0.2) is 17.5 Å². The second kappa shape index (κ2) is 7.37. The number of pyridine rings is 1. The Bertz CT molecular complexity index is 854. The van der Waals surface area contributed by atoms with Crippen LogP contribution in [0, 0.1) is 24.4 Å². The molecule has 0 aliphatic rings. The van der Waals surface area contributed by atoms with E-state index in [0.29, 0.717) is 6.07 Å². The number of nitrogens with one attached hydrogen (secondary N) is 2. The van der Waals surface area contributed by atoms with E-state index in [-0.39, 0.29) is 11.3 Å². The first-order valence-corrected chi connectivity index (χ1v) is 7.64. The van der Waals surface area contributed by atoms with E-state index < -0.39 is 40.2 Å². The maximum absolute atomic E-state index is 14.3. The molecule has 2 radical (unpaired) electrons. The van der Waals surface area contributed by atoms with E-state index in [4.69, 9.17) is 12.7 Å². The zero-order valence-corrected chi connectivity index (χ0v) is 14.7. The second-order valence-corrected chi connectivity index (χ2v) is 6.63. The van der Waals surface area contributed by atoms with Crippen LogP contribution in [0.3, 0.4) is 0 Å². The zero-order valence-electron chi connectivity index (χ0n) is 14.7. The Morgan fingerprint density at radius 2 is 1.85 bits per heavy atom. The molecule has 136 valence electrons. The lowest BCUT2D eigenvalue weighted by Gasteiger charge is -2.20. The van der Waals surface area contributed by atoms with Crippen molar-refractivity contribution in [2.24, 2.45) is 0 Å². The average Bonchev–Trinajstić information content (AvgIpc) is 2.54.